The highest BCUT2D eigenvalue weighted by molar-refractivity contribution is 8.13. The van der Waals surface area contributed by atoms with E-state index >= 15 is 0 Å². The third-order valence-electron chi connectivity index (χ3n) is 5.09. The fourth-order valence-electron chi connectivity index (χ4n) is 3.41. The van der Waals surface area contributed by atoms with Crippen LogP contribution in [0.4, 0.5) is 0 Å². The van der Waals surface area contributed by atoms with Crippen molar-refractivity contribution < 1.29 is 4.74 Å². The summed E-state index contributed by atoms with van der Waals surface area (Å²) >= 11 is 1.42. The van der Waals surface area contributed by atoms with E-state index in [2.05, 4.69) is 12.1 Å². The van der Waals surface area contributed by atoms with Crippen molar-refractivity contribution in [3.63, 3.8) is 0 Å². The summed E-state index contributed by atoms with van der Waals surface area (Å²) in [6, 6.07) is 34.0. The normalized spacial score (nSPS) is 10.6. The molecule has 0 aliphatic heterocycles. The van der Waals surface area contributed by atoms with E-state index in [9.17, 15) is 0 Å². The van der Waals surface area contributed by atoms with Gasteiger partial charge in [0, 0.05) is 11.1 Å². The molecule has 2 N–H and O–H groups in total. The lowest BCUT2D eigenvalue weighted by atomic mass is 10.1. The molecule has 0 saturated carbocycles. The molecule has 0 bridgehead atoms. The highest BCUT2D eigenvalue weighted by atomic mass is 32.2. The molecule has 0 unspecified atom stereocenters. The summed E-state index contributed by atoms with van der Waals surface area (Å²) in [7, 11) is 0. The second kappa shape index (κ2) is 10.6. The van der Waals surface area contributed by atoms with Crippen LogP contribution in [0.3, 0.4) is 0 Å². The van der Waals surface area contributed by atoms with Gasteiger partial charge in [0.15, 0.2) is 5.17 Å². The second-order valence-electron chi connectivity index (χ2n) is 7.36. The number of nitrogens with zero attached hydrogens (tertiary/aromatic N) is 1. The van der Waals surface area contributed by atoms with E-state index in [1.807, 2.05) is 91.0 Å². The van der Waals surface area contributed by atoms with Crippen molar-refractivity contribution >= 4 is 33.5 Å². The Morgan fingerprint density at radius 2 is 1.34 bits per heavy atom. The number of hydrogen-bond donors (Lipinski definition) is 2. The molecule has 0 aromatic heterocycles. The largest absolute Gasteiger partial charge is 0.485 e. The van der Waals surface area contributed by atoms with E-state index in [-0.39, 0.29) is 12.4 Å². The predicted molar refractivity (Wildman–Crippen MR) is 135 cm³/mol. The van der Waals surface area contributed by atoms with Gasteiger partial charge in [-0.25, -0.2) is 0 Å². The summed E-state index contributed by atoms with van der Waals surface area (Å²) < 4.78 is 6.04. The van der Waals surface area contributed by atoms with Gasteiger partial charge in [-0.05, 0) is 22.6 Å². The van der Waals surface area contributed by atoms with Crippen LogP contribution < -0.4 is 4.74 Å². The molecule has 0 spiro atoms. The third kappa shape index (κ3) is 5.56. The van der Waals surface area contributed by atoms with Crippen molar-refractivity contribution in [3.05, 3.63) is 114 Å². The van der Waals surface area contributed by atoms with E-state index in [1.165, 1.54) is 11.8 Å². The lowest BCUT2D eigenvalue weighted by molar-refractivity contribution is 0.363. The zero-order chi connectivity index (χ0) is 22.2. The number of nitrogens with one attached hydrogen (secondary N) is 2. The summed E-state index contributed by atoms with van der Waals surface area (Å²) in [5.74, 6) is 1.69. The van der Waals surface area contributed by atoms with Crippen molar-refractivity contribution in [1.29, 1.82) is 10.8 Å². The first-order chi connectivity index (χ1) is 15.7. The Kier molecular flexibility index (Phi) is 7.20. The average Bonchev–Trinajstić information content (AvgIpc) is 2.85. The number of hydrogen-bond acceptors (Lipinski definition) is 4. The lowest BCUT2D eigenvalue weighted by Crippen LogP contribution is -2.37. The van der Waals surface area contributed by atoms with Crippen molar-refractivity contribution in [2.45, 2.75) is 12.3 Å². The van der Waals surface area contributed by atoms with Crippen molar-refractivity contribution in [2.24, 2.45) is 0 Å². The molecule has 0 heterocycles. The van der Waals surface area contributed by atoms with Crippen LogP contribution in [0.15, 0.2) is 103 Å². The molecule has 4 rings (SSSR count). The molecule has 4 aromatic rings. The Morgan fingerprint density at radius 3 is 2.09 bits per heavy atom. The number of rotatable bonds is 7. The Balaban J connectivity index is 1.47. The van der Waals surface area contributed by atoms with Gasteiger partial charge in [0.05, 0.1) is 6.54 Å². The number of fused-ring (bicyclic) bond motifs is 1. The fourth-order valence-corrected chi connectivity index (χ4v) is 4.23. The van der Waals surface area contributed by atoms with Crippen LogP contribution in [0.5, 0.6) is 5.75 Å². The van der Waals surface area contributed by atoms with Crippen LogP contribution in [-0.4, -0.2) is 22.5 Å². The number of benzene rings is 4. The monoisotopic (exact) mass is 439 g/mol. The molecule has 4 nitrogen and oxygen atoms in total. The predicted octanol–water partition coefficient (Wildman–Crippen LogP) is 6.57. The Morgan fingerprint density at radius 1 is 0.719 bits per heavy atom. The van der Waals surface area contributed by atoms with Gasteiger partial charge >= 0.3 is 0 Å². The van der Waals surface area contributed by atoms with Gasteiger partial charge in [0.1, 0.15) is 18.2 Å². The fraction of sp³-hybridized carbons (Fsp3) is 0.111. The standard InChI is InChI=1S/C27H25N3OS/c28-26(19-31-25-17-9-15-23-14-7-8-16-24(23)25)30(18-21-10-3-1-4-11-21)27(29)32-20-22-12-5-2-6-13-22/h1-17,28-29H,18-20H2. The van der Waals surface area contributed by atoms with Crippen LogP contribution in [0.2, 0.25) is 0 Å². The summed E-state index contributed by atoms with van der Waals surface area (Å²) in [5.41, 5.74) is 2.20. The maximum atomic E-state index is 8.71. The van der Waals surface area contributed by atoms with Crippen LogP contribution >= 0.6 is 11.8 Å². The van der Waals surface area contributed by atoms with E-state index in [1.54, 1.807) is 4.90 Å². The van der Waals surface area contributed by atoms with Gasteiger partial charge < -0.3 is 9.64 Å². The van der Waals surface area contributed by atoms with E-state index in [0.717, 1.165) is 27.6 Å². The average molecular weight is 440 g/mol. The minimum atomic E-state index is 0.0924. The number of thioether (sulfide) groups is 1. The van der Waals surface area contributed by atoms with Crippen LogP contribution in [0, 0.1) is 10.8 Å². The molecule has 4 aromatic carbocycles. The van der Waals surface area contributed by atoms with Gasteiger partial charge in [0.25, 0.3) is 0 Å². The van der Waals surface area contributed by atoms with E-state index < -0.39 is 0 Å². The molecule has 32 heavy (non-hydrogen) atoms. The molecule has 0 radical (unpaired) electrons. The Hall–Kier alpha value is -3.57. The van der Waals surface area contributed by atoms with E-state index in [4.69, 9.17) is 15.6 Å². The molecular weight excluding hydrogens is 414 g/mol. The van der Waals surface area contributed by atoms with Gasteiger partial charge in [0.2, 0.25) is 0 Å². The zero-order valence-electron chi connectivity index (χ0n) is 17.7. The van der Waals surface area contributed by atoms with Gasteiger partial charge in [-0.1, -0.05) is 109 Å². The minimum Gasteiger partial charge on any atom is -0.485 e. The molecule has 5 heteroatoms. The molecule has 160 valence electrons. The van der Waals surface area contributed by atoms with Gasteiger partial charge in [-0.15, -0.1) is 0 Å². The van der Waals surface area contributed by atoms with Crippen LogP contribution in [-0.2, 0) is 12.3 Å². The topological polar surface area (TPSA) is 60.2 Å². The van der Waals surface area contributed by atoms with Crippen molar-refractivity contribution in [2.75, 3.05) is 6.61 Å². The Labute approximate surface area is 192 Å². The molecular formula is C27H25N3OS. The molecule has 0 aliphatic carbocycles. The van der Waals surface area contributed by atoms with Gasteiger partial charge in [-0.2, -0.15) is 0 Å². The first-order valence-corrected chi connectivity index (χ1v) is 11.4. The third-order valence-corrected chi connectivity index (χ3v) is 6.06. The van der Waals surface area contributed by atoms with Crippen molar-refractivity contribution in [3.8, 4) is 5.75 Å². The second-order valence-corrected chi connectivity index (χ2v) is 8.33. The van der Waals surface area contributed by atoms with E-state index in [0.29, 0.717) is 17.5 Å². The summed E-state index contributed by atoms with van der Waals surface area (Å²) in [4.78, 5) is 1.72. The quantitative estimate of drug-likeness (QED) is 0.253. The number of amidine groups is 2. The Bertz CT molecular complexity index is 1190. The lowest BCUT2D eigenvalue weighted by Gasteiger charge is -2.25. The minimum absolute atomic E-state index is 0.0924. The number of ether oxygens (including phenoxy) is 1. The zero-order valence-corrected chi connectivity index (χ0v) is 18.5. The van der Waals surface area contributed by atoms with Crippen LogP contribution in [0.1, 0.15) is 11.1 Å². The molecule has 0 atom stereocenters. The van der Waals surface area contributed by atoms with Crippen molar-refractivity contribution in [1.82, 2.24) is 4.90 Å². The summed E-state index contributed by atoms with van der Waals surface area (Å²) in [5, 5.41) is 19.9. The first kappa shape index (κ1) is 21.7. The first-order valence-electron chi connectivity index (χ1n) is 10.5. The molecule has 0 amide bonds. The SMILES string of the molecule is N=C(COc1cccc2ccccc12)N(Cc1ccccc1)C(=N)SCc1ccccc1. The van der Waals surface area contributed by atoms with Gasteiger partial charge in [-0.3, -0.25) is 10.8 Å². The molecule has 0 saturated heterocycles. The maximum Gasteiger partial charge on any atom is 0.162 e. The van der Waals surface area contributed by atoms with Crippen LogP contribution in [0.25, 0.3) is 10.8 Å². The molecule has 0 fully saturated rings. The molecule has 0 aliphatic rings. The highest BCUT2D eigenvalue weighted by Crippen LogP contribution is 2.25. The smallest absolute Gasteiger partial charge is 0.162 e. The maximum absolute atomic E-state index is 8.71. The summed E-state index contributed by atoms with van der Waals surface area (Å²) in [6.45, 7) is 0.550. The summed E-state index contributed by atoms with van der Waals surface area (Å²) in [6.07, 6.45) is 0. The highest BCUT2D eigenvalue weighted by Gasteiger charge is 2.18.